The van der Waals surface area contributed by atoms with Gasteiger partial charge in [0.15, 0.2) is 0 Å². The fourth-order valence-electron chi connectivity index (χ4n) is 2.85. The van der Waals surface area contributed by atoms with Gasteiger partial charge in [-0.05, 0) is 49.4 Å². The minimum Gasteiger partial charge on any atom is -0.382 e. The van der Waals surface area contributed by atoms with Crippen molar-refractivity contribution in [1.29, 1.82) is 0 Å². The molecule has 2 unspecified atom stereocenters. The van der Waals surface area contributed by atoms with Gasteiger partial charge in [0.2, 0.25) is 0 Å². The number of carbonyl (C=O) groups is 1. The van der Waals surface area contributed by atoms with Gasteiger partial charge >= 0.3 is 0 Å². The van der Waals surface area contributed by atoms with E-state index in [1.54, 1.807) is 6.08 Å². The maximum atomic E-state index is 11.8. The van der Waals surface area contributed by atoms with Gasteiger partial charge < -0.3 is 10.6 Å². The summed E-state index contributed by atoms with van der Waals surface area (Å²) in [6.45, 7) is 6.44. The molecule has 0 aromatic heterocycles. The molecule has 114 valence electrons. The molecule has 2 rings (SSSR count). The zero-order chi connectivity index (χ0) is 15.1. The molecule has 21 heavy (non-hydrogen) atoms. The van der Waals surface area contributed by atoms with Crippen LogP contribution in [0.4, 0.5) is 5.69 Å². The van der Waals surface area contributed by atoms with Gasteiger partial charge in [-0.15, -0.1) is 6.58 Å². The molecule has 0 radical (unpaired) electrons. The molecule has 1 amide bonds. The highest BCUT2D eigenvalue weighted by atomic mass is 16.1. The Hall–Kier alpha value is -1.77. The molecule has 1 saturated carbocycles. The molecule has 0 heterocycles. The van der Waals surface area contributed by atoms with Gasteiger partial charge in [-0.2, -0.15) is 0 Å². The Balaban J connectivity index is 1.89. The summed E-state index contributed by atoms with van der Waals surface area (Å²) in [5.74, 6) is 0.803. The van der Waals surface area contributed by atoms with Crippen molar-refractivity contribution in [3.63, 3.8) is 0 Å². The lowest BCUT2D eigenvalue weighted by Crippen LogP contribution is -2.23. The first-order valence-electron chi connectivity index (χ1n) is 7.94. The minimum atomic E-state index is -0.0512. The zero-order valence-electron chi connectivity index (χ0n) is 12.9. The van der Waals surface area contributed by atoms with E-state index in [2.05, 4.69) is 24.1 Å². The van der Waals surface area contributed by atoms with E-state index in [4.69, 9.17) is 0 Å². The van der Waals surface area contributed by atoms with Gasteiger partial charge in [0.1, 0.15) is 0 Å². The van der Waals surface area contributed by atoms with E-state index in [0.717, 1.165) is 11.6 Å². The molecule has 3 nitrogen and oxygen atoms in total. The second kappa shape index (κ2) is 7.87. The SMILES string of the molecule is C=CCNC(=O)c1ccc(NC2CCCC(C)CC2)cc1. The summed E-state index contributed by atoms with van der Waals surface area (Å²) in [6.07, 6.45) is 8.12. The molecule has 2 N–H and O–H groups in total. The molecule has 3 heteroatoms. The summed E-state index contributed by atoms with van der Waals surface area (Å²) < 4.78 is 0. The predicted molar refractivity (Wildman–Crippen MR) is 88.6 cm³/mol. The zero-order valence-corrected chi connectivity index (χ0v) is 12.9. The van der Waals surface area contributed by atoms with Crippen LogP contribution in [0.25, 0.3) is 0 Å². The number of benzene rings is 1. The van der Waals surface area contributed by atoms with Gasteiger partial charge in [-0.3, -0.25) is 4.79 Å². The van der Waals surface area contributed by atoms with E-state index < -0.39 is 0 Å². The lowest BCUT2D eigenvalue weighted by Gasteiger charge is -2.18. The molecule has 1 fully saturated rings. The van der Waals surface area contributed by atoms with Gasteiger partial charge in [-0.25, -0.2) is 0 Å². The van der Waals surface area contributed by atoms with Crippen LogP contribution in [0.15, 0.2) is 36.9 Å². The Morgan fingerprint density at radius 3 is 2.71 bits per heavy atom. The van der Waals surface area contributed by atoms with Crippen molar-refractivity contribution in [2.45, 2.75) is 45.1 Å². The van der Waals surface area contributed by atoms with Gasteiger partial charge in [0, 0.05) is 23.8 Å². The summed E-state index contributed by atoms with van der Waals surface area (Å²) in [7, 11) is 0. The first-order valence-corrected chi connectivity index (χ1v) is 7.94. The molecule has 0 aliphatic heterocycles. The highest BCUT2D eigenvalue weighted by Crippen LogP contribution is 2.25. The average molecular weight is 286 g/mol. The Kier molecular flexibility index (Phi) is 5.85. The summed E-state index contributed by atoms with van der Waals surface area (Å²) >= 11 is 0. The molecule has 0 spiro atoms. The summed E-state index contributed by atoms with van der Waals surface area (Å²) in [5.41, 5.74) is 1.80. The van der Waals surface area contributed by atoms with Crippen LogP contribution in [0.5, 0.6) is 0 Å². The van der Waals surface area contributed by atoms with Gasteiger partial charge in [0.05, 0.1) is 0 Å². The first kappa shape index (κ1) is 15.6. The van der Waals surface area contributed by atoms with Crippen molar-refractivity contribution in [1.82, 2.24) is 5.32 Å². The normalized spacial score (nSPS) is 22.1. The number of nitrogens with one attached hydrogen (secondary N) is 2. The Labute approximate surface area is 127 Å². The fourth-order valence-corrected chi connectivity index (χ4v) is 2.85. The number of hydrogen-bond acceptors (Lipinski definition) is 2. The van der Waals surface area contributed by atoms with Crippen LogP contribution in [-0.4, -0.2) is 18.5 Å². The van der Waals surface area contributed by atoms with E-state index in [1.807, 2.05) is 24.3 Å². The number of hydrogen-bond donors (Lipinski definition) is 2. The predicted octanol–water partition coefficient (Wildman–Crippen LogP) is 3.98. The Morgan fingerprint density at radius 2 is 2.00 bits per heavy atom. The van der Waals surface area contributed by atoms with Crippen LogP contribution in [-0.2, 0) is 0 Å². The molecule has 2 atom stereocenters. The number of carbonyl (C=O) groups excluding carboxylic acids is 1. The van der Waals surface area contributed by atoms with Crippen LogP contribution < -0.4 is 10.6 Å². The Bertz CT molecular complexity index is 467. The van der Waals surface area contributed by atoms with Crippen molar-refractivity contribution in [3.05, 3.63) is 42.5 Å². The minimum absolute atomic E-state index is 0.0512. The van der Waals surface area contributed by atoms with Crippen molar-refractivity contribution >= 4 is 11.6 Å². The summed E-state index contributed by atoms with van der Waals surface area (Å²) in [6, 6.07) is 8.31. The molecule has 1 aromatic rings. The second-order valence-corrected chi connectivity index (χ2v) is 6.03. The van der Waals surface area contributed by atoms with Gasteiger partial charge in [-0.1, -0.05) is 25.8 Å². The van der Waals surface area contributed by atoms with Crippen LogP contribution in [0.1, 0.15) is 49.4 Å². The highest BCUT2D eigenvalue weighted by molar-refractivity contribution is 5.94. The molecule has 1 aliphatic rings. The monoisotopic (exact) mass is 286 g/mol. The van der Waals surface area contributed by atoms with Crippen LogP contribution in [0, 0.1) is 5.92 Å². The third-order valence-electron chi connectivity index (χ3n) is 4.18. The van der Waals surface area contributed by atoms with Crippen molar-refractivity contribution < 1.29 is 4.79 Å². The molecule has 1 aliphatic carbocycles. The third kappa shape index (κ3) is 4.92. The van der Waals surface area contributed by atoms with E-state index in [1.165, 1.54) is 32.1 Å². The molecule has 0 saturated heterocycles. The molecule has 1 aromatic carbocycles. The van der Waals surface area contributed by atoms with Crippen LogP contribution >= 0.6 is 0 Å². The van der Waals surface area contributed by atoms with E-state index in [-0.39, 0.29) is 5.91 Å². The third-order valence-corrected chi connectivity index (χ3v) is 4.18. The largest absolute Gasteiger partial charge is 0.382 e. The lowest BCUT2D eigenvalue weighted by molar-refractivity contribution is 0.0958. The summed E-state index contributed by atoms with van der Waals surface area (Å²) in [5, 5.41) is 6.39. The van der Waals surface area contributed by atoms with Gasteiger partial charge in [0.25, 0.3) is 5.91 Å². The molecular weight excluding hydrogens is 260 g/mol. The highest BCUT2D eigenvalue weighted by Gasteiger charge is 2.16. The fraction of sp³-hybridized carbons (Fsp3) is 0.500. The number of rotatable bonds is 5. The number of amides is 1. The van der Waals surface area contributed by atoms with Crippen molar-refractivity contribution in [2.24, 2.45) is 5.92 Å². The van der Waals surface area contributed by atoms with Crippen LogP contribution in [0.2, 0.25) is 0 Å². The summed E-state index contributed by atoms with van der Waals surface area (Å²) in [4.78, 5) is 11.8. The van der Waals surface area contributed by atoms with E-state index in [9.17, 15) is 4.79 Å². The van der Waals surface area contributed by atoms with Crippen molar-refractivity contribution in [2.75, 3.05) is 11.9 Å². The van der Waals surface area contributed by atoms with E-state index in [0.29, 0.717) is 18.2 Å². The van der Waals surface area contributed by atoms with Crippen molar-refractivity contribution in [3.8, 4) is 0 Å². The first-order chi connectivity index (χ1) is 10.2. The second-order valence-electron chi connectivity index (χ2n) is 6.03. The standard InChI is InChI=1S/C18H26N2O/c1-3-13-19-18(21)15-8-11-17(12-9-15)20-16-6-4-5-14(2)7-10-16/h3,8-9,11-12,14,16,20H,1,4-7,10,13H2,2H3,(H,19,21). The molecule has 0 bridgehead atoms. The molecular formula is C18H26N2O. The van der Waals surface area contributed by atoms with E-state index >= 15 is 0 Å². The number of anilines is 1. The topological polar surface area (TPSA) is 41.1 Å². The maximum absolute atomic E-state index is 11.8. The lowest BCUT2D eigenvalue weighted by atomic mass is 10.0. The Morgan fingerprint density at radius 1 is 1.24 bits per heavy atom. The van der Waals surface area contributed by atoms with Crippen LogP contribution in [0.3, 0.4) is 0 Å². The maximum Gasteiger partial charge on any atom is 0.251 e. The average Bonchev–Trinajstić information content (AvgIpc) is 2.70. The smallest absolute Gasteiger partial charge is 0.251 e. The quantitative estimate of drug-likeness (QED) is 0.635.